The zero-order valence-electron chi connectivity index (χ0n) is 7.02. The molecule has 2 N–H and O–H groups in total. The highest BCUT2D eigenvalue weighted by Gasteiger charge is 2.15. The van der Waals surface area contributed by atoms with Crippen molar-refractivity contribution in [3.8, 4) is 0 Å². The molecular formula is C8H9F2IN2. The maximum absolute atomic E-state index is 12.4. The zero-order chi connectivity index (χ0) is 10.0. The van der Waals surface area contributed by atoms with Crippen LogP contribution in [0, 0.1) is 10.6 Å². The molecule has 0 amide bonds. The predicted octanol–water partition coefficient (Wildman–Crippen LogP) is 2.39. The number of pyridine rings is 1. The second kappa shape index (κ2) is 4.28. The Morgan fingerprint density at radius 2 is 2.23 bits per heavy atom. The van der Waals surface area contributed by atoms with Crippen LogP contribution in [0.4, 0.5) is 8.78 Å². The molecular weight excluding hydrogens is 289 g/mol. The van der Waals surface area contributed by atoms with Gasteiger partial charge in [-0.25, -0.2) is 13.8 Å². The van der Waals surface area contributed by atoms with Gasteiger partial charge in [-0.15, -0.1) is 0 Å². The van der Waals surface area contributed by atoms with Gasteiger partial charge in [-0.3, -0.25) is 0 Å². The second-order valence-electron chi connectivity index (χ2n) is 2.62. The third kappa shape index (κ3) is 2.34. The van der Waals surface area contributed by atoms with Gasteiger partial charge in [-0.05, 0) is 46.7 Å². The van der Waals surface area contributed by atoms with Crippen LogP contribution in [0.15, 0.2) is 6.07 Å². The number of aromatic nitrogens is 1. The van der Waals surface area contributed by atoms with Crippen molar-refractivity contribution in [3.05, 3.63) is 26.6 Å². The minimum atomic E-state index is -2.53. The van der Waals surface area contributed by atoms with Crippen molar-refractivity contribution in [2.24, 2.45) is 5.73 Å². The maximum atomic E-state index is 12.4. The minimum absolute atomic E-state index is 0.160. The van der Waals surface area contributed by atoms with Crippen molar-refractivity contribution >= 4 is 22.6 Å². The fraction of sp³-hybridized carbons (Fsp3) is 0.375. The first-order valence-electron chi connectivity index (χ1n) is 3.70. The Labute approximate surface area is 88.7 Å². The Bertz CT molecular complexity index is 315. The number of nitrogens with two attached hydrogens (primary N) is 1. The molecule has 0 saturated heterocycles. The summed E-state index contributed by atoms with van der Waals surface area (Å²) in [6.45, 7) is 1.89. The Balaban J connectivity index is 3.27. The lowest BCUT2D eigenvalue weighted by atomic mass is 10.1. The molecule has 0 aliphatic rings. The van der Waals surface area contributed by atoms with E-state index in [0.717, 1.165) is 5.56 Å². The van der Waals surface area contributed by atoms with E-state index in [0.29, 0.717) is 9.26 Å². The third-order valence-electron chi connectivity index (χ3n) is 1.81. The van der Waals surface area contributed by atoms with Gasteiger partial charge in [0.2, 0.25) is 0 Å². The molecule has 0 spiro atoms. The maximum Gasteiger partial charge on any atom is 0.280 e. The molecule has 0 aliphatic carbocycles. The average molecular weight is 298 g/mol. The predicted molar refractivity (Wildman–Crippen MR) is 54.5 cm³/mol. The van der Waals surface area contributed by atoms with Crippen molar-refractivity contribution < 1.29 is 8.78 Å². The van der Waals surface area contributed by atoms with Crippen LogP contribution in [0.1, 0.15) is 23.2 Å². The van der Waals surface area contributed by atoms with Crippen LogP contribution in [-0.4, -0.2) is 4.98 Å². The number of hydrogen-bond acceptors (Lipinski definition) is 2. The Morgan fingerprint density at radius 3 is 2.69 bits per heavy atom. The lowest BCUT2D eigenvalue weighted by Gasteiger charge is -2.08. The molecule has 0 atom stereocenters. The molecule has 2 nitrogen and oxygen atoms in total. The van der Waals surface area contributed by atoms with E-state index in [1.165, 1.54) is 0 Å². The molecule has 0 radical (unpaired) electrons. The van der Waals surface area contributed by atoms with Crippen LogP contribution in [0.2, 0.25) is 0 Å². The summed E-state index contributed by atoms with van der Waals surface area (Å²) in [5.41, 5.74) is 6.48. The number of rotatable bonds is 2. The molecule has 0 aliphatic heterocycles. The monoisotopic (exact) mass is 298 g/mol. The number of hydrogen-bond donors (Lipinski definition) is 1. The Morgan fingerprint density at radius 1 is 1.62 bits per heavy atom. The largest absolute Gasteiger partial charge is 0.326 e. The number of nitrogens with zero attached hydrogens (tertiary/aromatic N) is 1. The first-order valence-corrected chi connectivity index (χ1v) is 4.78. The summed E-state index contributed by atoms with van der Waals surface area (Å²) >= 11 is 1.90. The summed E-state index contributed by atoms with van der Waals surface area (Å²) in [5.74, 6) is 0. The van der Waals surface area contributed by atoms with E-state index >= 15 is 0 Å². The van der Waals surface area contributed by atoms with Gasteiger partial charge in [-0.2, -0.15) is 0 Å². The van der Waals surface area contributed by atoms with Crippen LogP contribution in [0.3, 0.4) is 0 Å². The van der Waals surface area contributed by atoms with Crippen molar-refractivity contribution in [2.45, 2.75) is 19.9 Å². The van der Waals surface area contributed by atoms with Crippen molar-refractivity contribution in [3.63, 3.8) is 0 Å². The highest BCUT2D eigenvalue weighted by Crippen LogP contribution is 2.24. The van der Waals surface area contributed by atoms with Gasteiger partial charge < -0.3 is 5.73 Å². The van der Waals surface area contributed by atoms with E-state index in [2.05, 4.69) is 4.98 Å². The molecule has 1 heterocycles. The summed E-state index contributed by atoms with van der Waals surface area (Å²) in [6, 6.07) is 1.72. The molecule has 0 saturated carbocycles. The van der Waals surface area contributed by atoms with Gasteiger partial charge in [0.15, 0.2) is 0 Å². The van der Waals surface area contributed by atoms with Crippen LogP contribution >= 0.6 is 22.6 Å². The molecule has 1 aromatic rings. The standard InChI is InChI=1S/C8H9F2IN2/c1-4-5(3-12)2-6(11)13-7(4)8(9)10/h2,8H,3,12H2,1H3. The van der Waals surface area contributed by atoms with Crippen LogP contribution in [-0.2, 0) is 6.54 Å². The van der Waals surface area contributed by atoms with Crippen molar-refractivity contribution in [1.29, 1.82) is 0 Å². The molecule has 1 rings (SSSR count). The average Bonchev–Trinajstić information content (AvgIpc) is 2.08. The van der Waals surface area contributed by atoms with E-state index in [1.807, 2.05) is 22.6 Å². The topological polar surface area (TPSA) is 38.9 Å². The Kier molecular flexibility index (Phi) is 3.55. The third-order valence-corrected chi connectivity index (χ3v) is 2.37. The van der Waals surface area contributed by atoms with E-state index < -0.39 is 6.43 Å². The summed E-state index contributed by atoms with van der Waals surface area (Å²) < 4.78 is 25.4. The normalized spacial score (nSPS) is 10.9. The fourth-order valence-corrected chi connectivity index (χ4v) is 1.71. The summed E-state index contributed by atoms with van der Waals surface area (Å²) in [5, 5.41) is 0. The number of halogens is 3. The number of alkyl halides is 2. The van der Waals surface area contributed by atoms with Gasteiger partial charge in [0.1, 0.15) is 9.39 Å². The van der Waals surface area contributed by atoms with Gasteiger partial charge in [0.05, 0.1) is 0 Å². The van der Waals surface area contributed by atoms with Gasteiger partial charge in [-0.1, -0.05) is 0 Å². The highest BCUT2D eigenvalue weighted by atomic mass is 127. The zero-order valence-corrected chi connectivity index (χ0v) is 9.18. The quantitative estimate of drug-likeness (QED) is 0.672. The van der Waals surface area contributed by atoms with Gasteiger partial charge in [0, 0.05) is 6.54 Å². The highest BCUT2D eigenvalue weighted by molar-refractivity contribution is 14.1. The fourth-order valence-electron chi connectivity index (χ4n) is 1.07. The van der Waals surface area contributed by atoms with Crippen LogP contribution < -0.4 is 5.73 Å². The first-order chi connectivity index (χ1) is 6.06. The van der Waals surface area contributed by atoms with Crippen LogP contribution in [0.5, 0.6) is 0 Å². The van der Waals surface area contributed by atoms with Crippen LogP contribution in [0.25, 0.3) is 0 Å². The van der Waals surface area contributed by atoms with Gasteiger partial charge >= 0.3 is 0 Å². The van der Waals surface area contributed by atoms with E-state index in [1.54, 1.807) is 13.0 Å². The smallest absolute Gasteiger partial charge is 0.280 e. The lowest BCUT2D eigenvalue weighted by Crippen LogP contribution is -2.06. The lowest BCUT2D eigenvalue weighted by molar-refractivity contribution is 0.145. The molecule has 72 valence electrons. The molecule has 5 heteroatoms. The van der Waals surface area contributed by atoms with Crippen molar-refractivity contribution in [1.82, 2.24) is 4.98 Å². The first kappa shape index (κ1) is 10.8. The molecule has 13 heavy (non-hydrogen) atoms. The summed E-state index contributed by atoms with van der Waals surface area (Å²) in [7, 11) is 0. The van der Waals surface area contributed by atoms with Gasteiger partial charge in [0.25, 0.3) is 6.43 Å². The molecule has 0 aromatic carbocycles. The molecule has 1 aromatic heterocycles. The SMILES string of the molecule is Cc1c(CN)cc(I)nc1C(F)F. The minimum Gasteiger partial charge on any atom is -0.326 e. The van der Waals surface area contributed by atoms with Crippen molar-refractivity contribution in [2.75, 3.05) is 0 Å². The van der Waals surface area contributed by atoms with E-state index in [-0.39, 0.29) is 12.2 Å². The Hall–Kier alpha value is -0.300. The summed E-state index contributed by atoms with van der Waals surface area (Å²) in [6.07, 6.45) is -2.53. The molecule has 0 bridgehead atoms. The molecule has 0 unspecified atom stereocenters. The second-order valence-corrected chi connectivity index (χ2v) is 3.72. The molecule has 0 fully saturated rings. The summed E-state index contributed by atoms with van der Waals surface area (Å²) in [4.78, 5) is 3.76. The van der Waals surface area contributed by atoms with E-state index in [9.17, 15) is 8.78 Å². The van der Waals surface area contributed by atoms with E-state index in [4.69, 9.17) is 5.73 Å².